The van der Waals surface area contributed by atoms with E-state index in [9.17, 15) is 4.79 Å². The first-order valence-electron chi connectivity index (χ1n) is 8.30. The number of aryl methyl sites for hydroxylation is 1. The number of hydrogen-bond acceptors (Lipinski definition) is 4. The van der Waals surface area contributed by atoms with Crippen LogP contribution >= 0.6 is 0 Å². The Morgan fingerprint density at radius 2 is 1.96 bits per heavy atom. The number of nitrogens with zero attached hydrogens (tertiary/aromatic N) is 2. The van der Waals surface area contributed by atoms with Gasteiger partial charge in [-0.05, 0) is 37.1 Å². The zero-order chi connectivity index (χ0) is 16.9. The summed E-state index contributed by atoms with van der Waals surface area (Å²) in [6.45, 7) is 7.16. The molecule has 1 aliphatic rings. The fourth-order valence-corrected chi connectivity index (χ4v) is 2.93. The summed E-state index contributed by atoms with van der Waals surface area (Å²) in [6, 6.07) is 11.8. The Labute approximate surface area is 142 Å². The van der Waals surface area contributed by atoms with Gasteiger partial charge in [0.2, 0.25) is 0 Å². The van der Waals surface area contributed by atoms with Crippen LogP contribution in [0, 0.1) is 6.92 Å². The normalized spacial score (nSPS) is 15.8. The van der Waals surface area contributed by atoms with Crippen LogP contribution in [0.25, 0.3) is 0 Å². The van der Waals surface area contributed by atoms with Crippen molar-refractivity contribution in [3.05, 3.63) is 59.3 Å². The summed E-state index contributed by atoms with van der Waals surface area (Å²) in [5.41, 5.74) is 2.88. The number of aromatic nitrogens is 1. The van der Waals surface area contributed by atoms with Gasteiger partial charge in [0.25, 0.3) is 5.91 Å². The summed E-state index contributed by atoms with van der Waals surface area (Å²) < 4.78 is 5.34. The average Bonchev–Trinajstić information content (AvgIpc) is 2.63. The molecule has 0 spiro atoms. The fraction of sp³-hybridized carbons (Fsp3) is 0.368. The number of ether oxygens (including phenoxy) is 1. The Balaban J connectivity index is 1.65. The lowest BCUT2D eigenvalue weighted by Crippen LogP contribution is -2.36. The summed E-state index contributed by atoms with van der Waals surface area (Å²) in [6.07, 6.45) is 1.64. The van der Waals surface area contributed by atoms with Crippen LogP contribution in [0.3, 0.4) is 0 Å². The molecule has 1 unspecified atom stereocenters. The molecule has 1 atom stereocenters. The Morgan fingerprint density at radius 3 is 2.62 bits per heavy atom. The number of amides is 1. The highest BCUT2D eigenvalue weighted by atomic mass is 16.5. The Hall–Kier alpha value is -2.40. The van der Waals surface area contributed by atoms with E-state index < -0.39 is 0 Å². The molecule has 1 aliphatic heterocycles. The van der Waals surface area contributed by atoms with Crippen LogP contribution in [-0.2, 0) is 4.74 Å². The molecular formula is C19H23N3O2. The molecule has 3 rings (SSSR count). The highest BCUT2D eigenvalue weighted by molar-refractivity contribution is 5.94. The Bertz CT molecular complexity index is 694. The molecule has 1 aromatic heterocycles. The van der Waals surface area contributed by atoms with Gasteiger partial charge in [0.1, 0.15) is 5.82 Å². The molecule has 1 aromatic carbocycles. The van der Waals surface area contributed by atoms with Gasteiger partial charge < -0.3 is 15.0 Å². The zero-order valence-electron chi connectivity index (χ0n) is 14.2. The van der Waals surface area contributed by atoms with Crippen LogP contribution in [0.4, 0.5) is 5.82 Å². The van der Waals surface area contributed by atoms with Gasteiger partial charge >= 0.3 is 0 Å². The van der Waals surface area contributed by atoms with Crippen LogP contribution in [0.5, 0.6) is 0 Å². The molecule has 5 nitrogen and oxygen atoms in total. The maximum Gasteiger partial charge on any atom is 0.253 e. The van der Waals surface area contributed by atoms with E-state index in [0.717, 1.165) is 37.7 Å². The van der Waals surface area contributed by atoms with Gasteiger partial charge in [-0.1, -0.05) is 24.3 Å². The summed E-state index contributed by atoms with van der Waals surface area (Å²) in [5, 5.41) is 3.04. The number of pyridine rings is 1. The standard InChI is InChI=1S/C19H23N3O2/c1-14-5-3-4-6-17(14)15(2)21-19(23)16-7-8-18(20-13-16)22-9-11-24-12-10-22/h3-8,13,15H,9-12H2,1-2H3,(H,21,23). The monoisotopic (exact) mass is 325 g/mol. The first-order chi connectivity index (χ1) is 11.6. The topological polar surface area (TPSA) is 54.5 Å². The molecule has 2 heterocycles. The third-order valence-electron chi connectivity index (χ3n) is 4.35. The third kappa shape index (κ3) is 3.74. The molecule has 0 bridgehead atoms. The Kier molecular flexibility index (Phi) is 5.11. The summed E-state index contributed by atoms with van der Waals surface area (Å²) in [7, 11) is 0. The van der Waals surface area contributed by atoms with Gasteiger partial charge in [-0.3, -0.25) is 4.79 Å². The quantitative estimate of drug-likeness (QED) is 0.939. The summed E-state index contributed by atoms with van der Waals surface area (Å²) >= 11 is 0. The average molecular weight is 325 g/mol. The minimum Gasteiger partial charge on any atom is -0.378 e. The summed E-state index contributed by atoms with van der Waals surface area (Å²) in [5.74, 6) is 0.786. The first-order valence-corrected chi connectivity index (χ1v) is 8.30. The van der Waals surface area contributed by atoms with E-state index >= 15 is 0 Å². The second-order valence-corrected chi connectivity index (χ2v) is 6.06. The number of rotatable bonds is 4. The molecule has 0 saturated carbocycles. The maximum atomic E-state index is 12.4. The smallest absolute Gasteiger partial charge is 0.253 e. The minimum atomic E-state index is -0.105. The van der Waals surface area contributed by atoms with Gasteiger partial charge in [-0.15, -0.1) is 0 Å². The molecule has 24 heavy (non-hydrogen) atoms. The van der Waals surface area contributed by atoms with Crippen molar-refractivity contribution in [2.45, 2.75) is 19.9 Å². The first kappa shape index (κ1) is 16.5. The van der Waals surface area contributed by atoms with Crippen molar-refractivity contribution in [1.29, 1.82) is 0 Å². The van der Waals surface area contributed by atoms with E-state index in [4.69, 9.17) is 4.74 Å². The third-order valence-corrected chi connectivity index (χ3v) is 4.35. The van der Waals surface area contributed by atoms with E-state index in [1.807, 2.05) is 37.3 Å². The highest BCUT2D eigenvalue weighted by Gasteiger charge is 2.15. The van der Waals surface area contributed by atoms with Gasteiger partial charge in [-0.25, -0.2) is 4.98 Å². The van der Waals surface area contributed by atoms with Crippen LogP contribution in [-0.4, -0.2) is 37.2 Å². The van der Waals surface area contributed by atoms with E-state index in [-0.39, 0.29) is 11.9 Å². The van der Waals surface area contributed by atoms with Crippen molar-refractivity contribution in [2.75, 3.05) is 31.2 Å². The van der Waals surface area contributed by atoms with Crippen molar-refractivity contribution in [2.24, 2.45) is 0 Å². The second-order valence-electron chi connectivity index (χ2n) is 6.06. The van der Waals surface area contributed by atoms with E-state index in [1.165, 1.54) is 5.56 Å². The SMILES string of the molecule is Cc1ccccc1C(C)NC(=O)c1ccc(N2CCOCC2)nc1. The largest absolute Gasteiger partial charge is 0.378 e. The predicted octanol–water partition coefficient (Wildman–Crippen LogP) is 2.72. The minimum absolute atomic E-state index is 0.0439. The zero-order valence-corrected chi connectivity index (χ0v) is 14.2. The van der Waals surface area contributed by atoms with Gasteiger partial charge in [0.15, 0.2) is 0 Å². The lowest BCUT2D eigenvalue weighted by Gasteiger charge is -2.27. The van der Waals surface area contributed by atoms with Crippen LogP contribution < -0.4 is 10.2 Å². The maximum absolute atomic E-state index is 12.4. The molecule has 1 fully saturated rings. The number of carbonyl (C=O) groups is 1. The van der Waals surface area contributed by atoms with Crippen LogP contribution in [0.15, 0.2) is 42.6 Å². The molecule has 1 amide bonds. The van der Waals surface area contributed by atoms with E-state index in [1.54, 1.807) is 6.20 Å². The second kappa shape index (κ2) is 7.45. The van der Waals surface area contributed by atoms with Crippen LogP contribution in [0.1, 0.15) is 34.5 Å². The number of morpholine rings is 1. The molecular weight excluding hydrogens is 302 g/mol. The summed E-state index contributed by atoms with van der Waals surface area (Å²) in [4.78, 5) is 19.0. The van der Waals surface area contributed by atoms with E-state index in [0.29, 0.717) is 5.56 Å². The number of benzene rings is 1. The van der Waals surface area contributed by atoms with Crippen LogP contribution in [0.2, 0.25) is 0 Å². The molecule has 0 radical (unpaired) electrons. The van der Waals surface area contributed by atoms with Crippen molar-refractivity contribution in [3.63, 3.8) is 0 Å². The lowest BCUT2D eigenvalue weighted by molar-refractivity contribution is 0.0939. The fourth-order valence-electron chi connectivity index (χ4n) is 2.93. The van der Waals surface area contributed by atoms with Gasteiger partial charge in [-0.2, -0.15) is 0 Å². The molecule has 126 valence electrons. The van der Waals surface area contributed by atoms with Crippen molar-refractivity contribution < 1.29 is 9.53 Å². The number of anilines is 1. The van der Waals surface area contributed by atoms with Crippen molar-refractivity contribution in [3.8, 4) is 0 Å². The van der Waals surface area contributed by atoms with Gasteiger partial charge in [0, 0.05) is 19.3 Å². The van der Waals surface area contributed by atoms with Gasteiger partial charge in [0.05, 0.1) is 24.8 Å². The number of nitrogens with one attached hydrogen (secondary N) is 1. The van der Waals surface area contributed by atoms with E-state index in [2.05, 4.69) is 28.2 Å². The molecule has 2 aromatic rings. The molecule has 1 N–H and O–H groups in total. The number of carbonyl (C=O) groups excluding carboxylic acids is 1. The molecule has 0 aliphatic carbocycles. The lowest BCUT2D eigenvalue weighted by atomic mass is 10.0. The molecule has 5 heteroatoms. The molecule has 1 saturated heterocycles. The van der Waals surface area contributed by atoms with Crippen molar-refractivity contribution >= 4 is 11.7 Å². The highest BCUT2D eigenvalue weighted by Crippen LogP contribution is 2.18. The Morgan fingerprint density at radius 1 is 1.21 bits per heavy atom. The van der Waals surface area contributed by atoms with Crippen molar-refractivity contribution in [1.82, 2.24) is 10.3 Å². The number of hydrogen-bond donors (Lipinski definition) is 1. The predicted molar refractivity (Wildman–Crippen MR) is 94.3 cm³/mol.